The Morgan fingerprint density at radius 2 is 1.94 bits per heavy atom. The van der Waals surface area contributed by atoms with Crippen molar-refractivity contribution < 1.29 is 34.4 Å². The highest BCUT2D eigenvalue weighted by atomic mass is 16.5. The Balaban J connectivity index is 2.00. The molecule has 3 N–H and O–H groups in total. The number of phenols is 2. The molecule has 0 radical (unpaired) electrons. The summed E-state index contributed by atoms with van der Waals surface area (Å²) >= 11 is 0. The summed E-state index contributed by atoms with van der Waals surface area (Å²) < 4.78 is 12.5. The molecule has 0 saturated heterocycles. The summed E-state index contributed by atoms with van der Waals surface area (Å²) in [6.45, 7) is 6.89. The van der Waals surface area contributed by atoms with Crippen LogP contribution in [0.25, 0.3) is 0 Å². The number of phenolic OH excluding ortho intramolecular Hbond substituents is 2. The number of hydrogen-bond donors (Lipinski definition) is 3. The molecule has 1 aromatic carbocycles. The Bertz CT molecular complexity index is 1350. The number of nitrogens with zero attached hydrogens (tertiary/aromatic N) is 3. The van der Waals surface area contributed by atoms with E-state index in [4.69, 9.17) is 9.47 Å². The van der Waals surface area contributed by atoms with Crippen LogP contribution >= 0.6 is 0 Å². The molecule has 3 aromatic rings. The smallest absolute Gasteiger partial charge is 0.306 e. The lowest BCUT2D eigenvalue weighted by Gasteiger charge is -2.25. The quantitative estimate of drug-likeness (QED) is 0.329. The number of ketones is 1. The second kappa shape index (κ2) is 9.62. The molecule has 10 nitrogen and oxygen atoms in total. The Hall–Kier alpha value is -3.92. The van der Waals surface area contributed by atoms with E-state index in [1.165, 1.54) is 20.1 Å². The lowest BCUT2D eigenvalue weighted by Crippen LogP contribution is -2.18. The maximum atomic E-state index is 12.6. The zero-order chi connectivity index (χ0) is 26.3. The highest BCUT2D eigenvalue weighted by Gasteiger charge is 2.37. The Labute approximate surface area is 208 Å². The van der Waals surface area contributed by atoms with Crippen molar-refractivity contribution in [2.45, 2.75) is 58.8 Å². The first-order valence-electron chi connectivity index (χ1n) is 11.6. The number of carbonyl (C=O) groups is 2. The van der Waals surface area contributed by atoms with Gasteiger partial charge in [0, 0.05) is 52.3 Å². The highest BCUT2D eigenvalue weighted by molar-refractivity contribution is 5.98. The summed E-state index contributed by atoms with van der Waals surface area (Å²) in [4.78, 5) is 29.2. The van der Waals surface area contributed by atoms with Gasteiger partial charge in [0.2, 0.25) is 0 Å². The molecular formula is C26H29N3O7. The summed E-state index contributed by atoms with van der Waals surface area (Å²) in [6.07, 6.45) is 2.00. The minimum Gasteiger partial charge on any atom is -0.507 e. The lowest BCUT2D eigenvalue weighted by molar-refractivity contribution is -0.140. The van der Waals surface area contributed by atoms with Crippen LogP contribution in [0.1, 0.15) is 89.3 Å². The van der Waals surface area contributed by atoms with E-state index >= 15 is 0 Å². The van der Waals surface area contributed by atoms with Gasteiger partial charge in [0.05, 0.1) is 31.4 Å². The number of carbonyl (C=O) groups excluding carboxylic acids is 2. The van der Waals surface area contributed by atoms with Crippen LogP contribution in [-0.4, -0.2) is 48.9 Å². The number of benzene rings is 1. The molecule has 0 aliphatic carbocycles. The van der Waals surface area contributed by atoms with E-state index in [0.29, 0.717) is 22.5 Å². The molecule has 2 atom stereocenters. The Kier molecular flexibility index (Phi) is 6.73. The van der Waals surface area contributed by atoms with Crippen molar-refractivity contribution in [3.63, 3.8) is 0 Å². The molecule has 0 spiro atoms. The number of esters is 1. The number of pyridine rings is 1. The molecule has 10 heteroatoms. The van der Waals surface area contributed by atoms with Crippen molar-refractivity contribution >= 4 is 11.8 Å². The van der Waals surface area contributed by atoms with Crippen molar-refractivity contribution in [1.82, 2.24) is 14.8 Å². The van der Waals surface area contributed by atoms with Crippen molar-refractivity contribution in [3.8, 4) is 17.2 Å². The molecule has 36 heavy (non-hydrogen) atoms. The monoisotopic (exact) mass is 495 g/mol. The molecule has 0 fully saturated rings. The van der Waals surface area contributed by atoms with Crippen LogP contribution in [0.15, 0.2) is 24.5 Å². The number of Topliss-reactive ketones (excluding diaryl/α,β-unsaturated/α-hetero) is 1. The predicted molar refractivity (Wildman–Crippen MR) is 128 cm³/mol. The first-order valence-corrected chi connectivity index (χ1v) is 11.6. The highest BCUT2D eigenvalue weighted by Crippen LogP contribution is 2.50. The Morgan fingerprint density at radius 3 is 2.58 bits per heavy atom. The van der Waals surface area contributed by atoms with Crippen LogP contribution in [0.4, 0.5) is 0 Å². The topological polar surface area (TPSA) is 144 Å². The zero-order valence-electron chi connectivity index (χ0n) is 20.8. The fourth-order valence-corrected chi connectivity index (χ4v) is 4.70. The van der Waals surface area contributed by atoms with Crippen molar-refractivity contribution in [2.75, 3.05) is 7.11 Å². The average Bonchev–Trinajstić information content (AvgIpc) is 3.48. The standard InChI is InChI=1S/C26H29N3O7/c1-12(2)29-19(6-7-28-29)17(9-20(31)35-5)22-24(33)16(14(4)30)8-18(25(22)34)26-21-15(11-36-26)10-27-13(3)23(21)32/h6-8,10,12,17,26,32-34H,9,11H2,1-5H3/t17-,26+/m0/s1. The summed E-state index contributed by atoms with van der Waals surface area (Å²) in [5.74, 6) is -2.78. The first kappa shape index (κ1) is 25.2. The number of aromatic nitrogens is 3. The van der Waals surface area contributed by atoms with E-state index in [1.807, 2.05) is 13.8 Å². The third kappa shape index (κ3) is 4.17. The van der Waals surface area contributed by atoms with E-state index in [2.05, 4.69) is 10.1 Å². The van der Waals surface area contributed by atoms with E-state index in [0.717, 1.165) is 0 Å². The van der Waals surface area contributed by atoms with Crippen LogP contribution in [-0.2, 0) is 20.9 Å². The van der Waals surface area contributed by atoms with Crippen LogP contribution in [0.3, 0.4) is 0 Å². The number of rotatable bonds is 7. The van der Waals surface area contributed by atoms with E-state index in [-0.39, 0.29) is 47.3 Å². The fourth-order valence-electron chi connectivity index (χ4n) is 4.70. The third-order valence-corrected chi connectivity index (χ3v) is 6.52. The largest absolute Gasteiger partial charge is 0.507 e. The minimum atomic E-state index is -0.923. The molecule has 4 rings (SSSR count). The van der Waals surface area contributed by atoms with E-state index < -0.39 is 29.5 Å². The predicted octanol–water partition coefficient (Wildman–Crippen LogP) is 3.80. The molecule has 0 amide bonds. The van der Waals surface area contributed by atoms with Gasteiger partial charge in [-0.05, 0) is 39.8 Å². The van der Waals surface area contributed by atoms with Crippen LogP contribution in [0, 0.1) is 6.92 Å². The van der Waals surface area contributed by atoms with Gasteiger partial charge >= 0.3 is 5.97 Å². The van der Waals surface area contributed by atoms with Crippen molar-refractivity contribution in [3.05, 3.63) is 63.7 Å². The molecule has 190 valence electrons. The summed E-state index contributed by atoms with van der Waals surface area (Å²) in [7, 11) is 1.25. The van der Waals surface area contributed by atoms with Crippen LogP contribution in [0.5, 0.6) is 17.2 Å². The molecule has 0 unspecified atom stereocenters. The summed E-state index contributed by atoms with van der Waals surface area (Å²) in [6, 6.07) is 2.96. The lowest BCUT2D eigenvalue weighted by atomic mass is 9.84. The molecule has 0 saturated carbocycles. The molecule has 1 aliphatic rings. The van der Waals surface area contributed by atoms with Crippen LogP contribution in [0.2, 0.25) is 0 Å². The van der Waals surface area contributed by atoms with Gasteiger partial charge in [-0.2, -0.15) is 5.10 Å². The summed E-state index contributed by atoms with van der Waals surface area (Å²) in [5.41, 5.74) is 2.12. The van der Waals surface area contributed by atoms with E-state index in [1.54, 1.807) is 30.1 Å². The third-order valence-electron chi connectivity index (χ3n) is 6.52. The van der Waals surface area contributed by atoms with Gasteiger partial charge < -0.3 is 24.8 Å². The van der Waals surface area contributed by atoms with Crippen molar-refractivity contribution in [2.24, 2.45) is 0 Å². The number of aromatic hydroxyl groups is 3. The van der Waals surface area contributed by atoms with Gasteiger partial charge in [-0.3, -0.25) is 19.3 Å². The molecule has 2 aromatic heterocycles. The van der Waals surface area contributed by atoms with Gasteiger partial charge in [-0.25, -0.2) is 0 Å². The van der Waals surface area contributed by atoms with Gasteiger partial charge in [0.25, 0.3) is 0 Å². The normalized spacial score (nSPS) is 15.7. The van der Waals surface area contributed by atoms with Gasteiger partial charge in [0.15, 0.2) is 5.78 Å². The number of hydrogen-bond acceptors (Lipinski definition) is 9. The van der Waals surface area contributed by atoms with Crippen molar-refractivity contribution in [1.29, 1.82) is 0 Å². The molecule has 3 heterocycles. The number of ether oxygens (including phenoxy) is 2. The second-order valence-corrected chi connectivity index (χ2v) is 9.13. The fraction of sp³-hybridized carbons (Fsp3) is 0.385. The number of methoxy groups -OCH3 is 1. The van der Waals surface area contributed by atoms with Crippen LogP contribution < -0.4 is 0 Å². The second-order valence-electron chi connectivity index (χ2n) is 9.13. The molecule has 1 aliphatic heterocycles. The van der Waals surface area contributed by atoms with Gasteiger partial charge in [-0.1, -0.05) is 0 Å². The zero-order valence-corrected chi connectivity index (χ0v) is 20.8. The molecular weight excluding hydrogens is 466 g/mol. The number of aryl methyl sites for hydroxylation is 1. The Morgan fingerprint density at radius 1 is 1.22 bits per heavy atom. The first-order chi connectivity index (χ1) is 17.1. The van der Waals surface area contributed by atoms with Gasteiger partial charge in [-0.15, -0.1) is 0 Å². The number of fused-ring (bicyclic) bond motifs is 1. The van der Waals surface area contributed by atoms with Gasteiger partial charge in [0.1, 0.15) is 23.4 Å². The van der Waals surface area contributed by atoms with E-state index in [9.17, 15) is 24.9 Å². The molecule has 0 bridgehead atoms. The summed E-state index contributed by atoms with van der Waals surface area (Å²) in [5, 5.41) is 37.9. The minimum absolute atomic E-state index is 0.0205. The maximum absolute atomic E-state index is 12.6. The maximum Gasteiger partial charge on any atom is 0.306 e. The SMILES string of the molecule is COC(=O)C[C@H](c1c(O)c(C(C)=O)cc([C@H]2OCc3cnc(C)c(O)c32)c1O)c1ccnn1C(C)C. The average molecular weight is 496 g/mol.